The van der Waals surface area contributed by atoms with E-state index in [1.54, 1.807) is 54.9 Å². The Kier molecular flexibility index (Phi) is 6.19. The molecular formula is C24H21FN6O. The van der Waals surface area contributed by atoms with Crippen LogP contribution in [0.15, 0.2) is 66.1 Å². The number of halogens is 1. The zero-order valence-electron chi connectivity index (χ0n) is 17.7. The number of nitrogens with zero attached hydrogens (tertiary/aromatic N) is 6. The number of hydrogen-bond acceptors (Lipinski definition) is 6. The maximum Gasteiger partial charge on any atom is 0.234 e. The van der Waals surface area contributed by atoms with Crippen molar-refractivity contribution in [1.82, 2.24) is 19.3 Å². The molecule has 0 aliphatic heterocycles. The SMILES string of the molecule is CN(C)CCO/N=C/c1ccn2c(-c3ccc(F)c(-c4ccccc4C#N)c3)cnc2n1. The van der Waals surface area contributed by atoms with Crippen molar-refractivity contribution in [3.05, 3.63) is 78.0 Å². The number of fused-ring (bicyclic) bond motifs is 1. The average molecular weight is 428 g/mol. The Bertz CT molecular complexity index is 1320. The first kappa shape index (κ1) is 21.2. The zero-order chi connectivity index (χ0) is 22.5. The van der Waals surface area contributed by atoms with Crippen molar-refractivity contribution in [3.63, 3.8) is 0 Å². The third kappa shape index (κ3) is 4.48. The van der Waals surface area contributed by atoms with Crippen LogP contribution in [0, 0.1) is 17.1 Å². The number of imidazole rings is 1. The van der Waals surface area contributed by atoms with Gasteiger partial charge in [-0.2, -0.15) is 5.26 Å². The topological polar surface area (TPSA) is 78.8 Å². The van der Waals surface area contributed by atoms with Gasteiger partial charge in [0.2, 0.25) is 5.78 Å². The number of aromatic nitrogens is 3. The van der Waals surface area contributed by atoms with Gasteiger partial charge in [0.1, 0.15) is 12.4 Å². The molecule has 0 aliphatic carbocycles. The minimum atomic E-state index is -0.392. The second-order valence-electron chi connectivity index (χ2n) is 7.39. The van der Waals surface area contributed by atoms with E-state index in [1.165, 1.54) is 6.07 Å². The highest BCUT2D eigenvalue weighted by atomic mass is 19.1. The number of likely N-dealkylation sites (N-methyl/N-ethyl adjacent to an activating group) is 1. The number of nitriles is 1. The molecule has 0 aliphatic rings. The van der Waals surface area contributed by atoms with Crippen LogP contribution < -0.4 is 0 Å². The minimum Gasteiger partial charge on any atom is -0.394 e. The van der Waals surface area contributed by atoms with E-state index in [4.69, 9.17) is 4.84 Å². The first-order chi connectivity index (χ1) is 15.6. The smallest absolute Gasteiger partial charge is 0.234 e. The molecule has 0 saturated carbocycles. The van der Waals surface area contributed by atoms with Crippen molar-refractivity contribution in [2.75, 3.05) is 27.2 Å². The molecular weight excluding hydrogens is 407 g/mol. The highest BCUT2D eigenvalue weighted by Crippen LogP contribution is 2.31. The van der Waals surface area contributed by atoms with E-state index in [0.29, 0.717) is 34.8 Å². The Morgan fingerprint density at radius 3 is 2.84 bits per heavy atom. The summed E-state index contributed by atoms with van der Waals surface area (Å²) < 4.78 is 16.4. The third-order valence-corrected chi connectivity index (χ3v) is 4.89. The molecule has 0 amide bonds. The minimum absolute atomic E-state index is 0.362. The summed E-state index contributed by atoms with van der Waals surface area (Å²) in [5.41, 5.74) is 3.46. The standard InChI is InChI=1S/C24H21FN6O/c1-30(2)11-12-32-28-15-19-9-10-31-23(16-27-24(31)29-19)17-7-8-22(25)21(13-17)20-6-4-3-5-18(20)14-26/h3-10,13,15-16H,11-12H2,1-2H3/b28-15+. The van der Waals surface area contributed by atoms with E-state index >= 15 is 0 Å². The van der Waals surface area contributed by atoms with Crippen LogP contribution in [-0.2, 0) is 4.84 Å². The van der Waals surface area contributed by atoms with Crippen molar-refractivity contribution >= 4 is 12.0 Å². The Labute approximate surface area is 185 Å². The van der Waals surface area contributed by atoms with E-state index in [1.807, 2.05) is 29.6 Å². The van der Waals surface area contributed by atoms with Gasteiger partial charge < -0.3 is 9.74 Å². The predicted molar refractivity (Wildman–Crippen MR) is 121 cm³/mol. The van der Waals surface area contributed by atoms with Gasteiger partial charge in [-0.25, -0.2) is 14.4 Å². The molecule has 4 rings (SSSR count). The van der Waals surface area contributed by atoms with E-state index in [2.05, 4.69) is 21.2 Å². The summed E-state index contributed by atoms with van der Waals surface area (Å²) in [4.78, 5) is 16.1. The molecule has 2 aromatic carbocycles. The third-order valence-electron chi connectivity index (χ3n) is 4.89. The Morgan fingerprint density at radius 1 is 1.19 bits per heavy atom. The monoisotopic (exact) mass is 428 g/mol. The molecule has 7 nitrogen and oxygen atoms in total. The summed E-state index contributed by atoms with van der Waals surface area (Å²) in [6.07, 6.45) is 5.06. The highest BCUT2D eigenvalue weighted by Gasteiger charge is 2.14. The lowest BCUT2D eigenvalue weighted by Crippen LogP contribution is -2.16. The first-order valence-electron chi connectivity index (χ1n) is 10.0. The van der Waals surface area contributed by atoms with Gasteiger partial charge in [0, 0.05) is 29.4 Å². The fraction of sp³-hybridized carbons (Fsp3) is 0.167. The molecule has 0 fully saturated rings. The molecule has 2 aromatic heterocycles. The maximum atomic E-state index is 14.6. The van der Waals surface area contributed by atoms with Gasteiger partial charge in [-0.15, -0.1) is 0 Å². The Balaban J connectivity index is 1.63. The lowest BCUT2D eigenvalue weighted by molar-refractivity contribution is 0.127. The average Bonchev–Trinajstić information content (AvgIpc) is 3.22. The molecule has 0 saturated heterocycles. The second-order valence-corrected chi connectivity index (χ2v) is 7.39. The largest absolute Gasteiger partial charge is 0.394 e. The van der Waals surface area contributed by atoms with E-state index in [-0.39, 0.29) is 0 Å². The van der Waals surface area contributed by atoms with Crippen LogP contribution in [0.5, 0.6) is 0 Å². The van der Waals surface area contributed by atoms with Crippen LogP contribution >= 0.6 is 0 Å². The molecule has 0 spiro atoms. The summed E-state index contributed by atoms with van der Waals surface area (Å²) >= 11 is 0. The van der Waals surface area contributed by atoms with Crippen LogP contribution in [0.25, 0.3) is 28.2 Å². The van der Waals surface area contributed by atoms with Gasteiger partial charge >= 0.3 is 0 Å². The second kappa shape index (κ2) is 9.37. The number of oxime groups is 1. The van der Waals surface area contributed by atoms with E-state index < -0.39 is 5.82 Å². The highest BCUT2D eigenvalue weighted by molar-refractivity contribution is 5.78. The number of hydrogen-bond donors (Lipinski definition) is 0. The van der Waals surface area contributed by atoms with Crippen LogP contribution in [0.3, 0.4) is 0 Å². The van der Waals surface area contributed by atoms with Crippen molar-refractivity contribution in [2.45, 2.75) is 0 Å². The van der Waals surface area contributed by atoms with Gasteiger partial charge in [0.15, 0.2) is 0 Å². The fourth-order valence-corrected chi connectivity index (χ4v) is 3.24. The van der Waals surface area contributed by atoms with Crippen LogP contribution in [0.2, 0.25) is 0 Å². The first-order valence-corrected chi connectivity index (χ1v) is 10.0. The lowest BCUT2D eigenvalue weighted by atomic mass is 9.97. The number of rotatable bonds is 7. The van der Waals surface area contributed by atoms with Gasteiger partial charge in [-0.3, -0.25) is 4.40 Å². The Morgan fingerprint density at radius 2 is 2.03 bits per heavy atom. The lowest BCUT2D eigenvalue weighted by Gasteiger charge is -2.09. The van der Waals surface area contributed by atoms with E-state index in [9.17, 15) is 9.65 Å². The maximum absolute atomic E-state index is 14.6. The molecule has 0 atom stereocenters. The normalized spacial score (nSPS) is 11.3. The fourth-order valence-electron chi connectivity index (χ4n) is 3.24. The van der Waals surface area contributed by atoms with Gasteiger partial charge in [0.25, 0.3) is 0 Å². The summed E-state index contributed by atoms with van der Waals surface area (Å²) in [5, 5.41) is 13.3. The molecule has 0 unspecified atom stereocenters. The summed E-state index contributed by atoms with van der Waals surface area (Å²) in [5.74, 6) is 0.0942. The van der Waals surface area contributed by atoms with Crippen molar-refractivity contribution in [3.8, 4) is 28.5 Å². The zero-order valence-corrected chi connectivity index (χ0v) is 17.7. The van der Waals surface area contributed by atoms with Crippen LogP contribution in [-0.4, -0.2) is 52.7 Å². The molecule has 2 heterocycles. The Hall–Kier alpha value is -4.09. The van der Waals surface area contributed by atoms with E-state index in [0.717, 1.165) is 17.8 Å². The summed E-state index contributed by atoms with van der Waals surface area (Å²) in [6.45, 7) is 1.26. The molecule has 32 heavy (non-hydrogen) atoms. The van der Waals surface area contributed by atoms with Gasteiger partial charge in [0.05, 0.1) is 35.4 Å². The van der Waals surface area contributed by atoms with Crippen molar-refractivity contribution < 1.29 is 9.23 Å². The quantitative estimate of drug-likeness (QED) is 0.253. The predicted octanol–water partition coefficient (Wildman–Crippen LogP) is 3.99. The molecule has 4 aromatic rings. The van der Waals surface area contributed by atoms with Gasteiger partial charge in [-0.1, -0.05) is 23.4 Å². The molecule has 160 valence electrons. The molecule has 8 heteroatoms. The van der Waals surface area contributed by atoms with Crippen molar-refractivity contribution in [2.24, 2.45) is 5.16 Å². The van der Waals surface area contributed by atoms with Crippen LogP contribution in [0.4, 0.5) is 4.39 Å². The molecule has 0 radical (unpaired) electrons. The molecule has 0 N–H and O–H groups in total. The number of benzene rings is 2. The van der Waals surface area contributed by atoms with Gasteiger partial charge in [-0.05, 0) is 44.4 Å². The summed E-state index contributed by atoms with van der Waals surface area (Å²) in [7, 11) is 3.93. The summed E-state index contributed by atoms with van der Waals surface area (Å²) in [6, 6.07) is 15.7. The van der Waals surface area contributed by atoms with Crippen molar-refractivity contribution in [1.29, 1.82) is 5.26 Å². The van der Waals surface area contributed by atoms with Crippen LogP contribution in [0.1, 0.15) is 11.3 Å². The molecule has 0 bridgehead atoms.